The van der Waals surface area contributed by atoms with Crippen LogP contribution in [0.4, 0.5) is 5.69 Å². The summed E-state index contributed by atoms with van der Waals surface area (Å²) in [6.07, 6.45) is 0. The topological polar surface area (TPSA) is 71.2 Å². The third kappa shape index (κ3) is 3.78. The quantitative estimate of drug-likeness (QED) is 0.503. The number of para-hydroxylation sites is 2. The standard InChI is InChI=1S/C23H18N2O3/c26-22(15-28-23(27)21-14-17-10-4-6-12-19(17)24-21)25-20-13-7-5-11-18(20)16-8-2-1-3-9-16/h1-14,24H,15H2,(H,25,26). The molecule has 4 rings (SSSR count). The van der Waals surface area contributed by atoms with E-state index >= 15 is 0 Å². The molecule has 5 nitrogen and oxygen atoms in total. The van der Waals surface area contributed by atoms with Crippen LogP contribution in [0.1, 0.15) is 10.5 Å². The molecule has 4 aromatic rings. The van der Waals surface area contributed by atoms with Gasteiger partial charge in [0.15, 0.2) is 6.61 Å². The number of rotatable bonds is 5. The van der Waals surface area contributed by atoms with E-state index in [0.29, 0.717) is 11.4 Å². The fourth-order valence-electron chi connectivity index (χ4n) is 3.04. The summed E-state index contributed by atoms with van der Waals surface area (Å²) in [5, 5.41) is 3.73. The van der Waals surface area contributed by atoms with Crippen LogP contribution in [0.25, 0.3) is 22.0 Å². The molecule has 3 aromatic carbocycles. The minimum atomic E-state index is -0.567. The Bertz CT molecular complexity index is 1100. The molecule has 0 aliphatic heterocycles. The molecule has 0 saturated carbocycles. The number of anilines is 1. The van der Waals surface area contributed by atoms with Crippen LogP contribution in [0.5, 0.6) is 0 Å². The highest BCUT2D eigenvalue weighted by molar-refractivity contribution is 5.99. The Morgan fingerprint density at radius 1 is 0.857 bits per heavy atom. The summed E-state index contributed by atoms with van der Waals surface area (Å²) in [6, 6.07) is 26.5. The van der Waals surface area contributed by atoms with Gasteiger partial charge in [-0.25, -0.2) is 4.79 Å². The van der Waals surface area contributed by atoms with E-state index in [1.165, 1.54) is 0 Å². The van der Waals surface area contributed by atoms with Crippen LogP contribution >= 0.6 is 0 Å². The summed E-state index contributed by atoms with van der Waals surface area (Å²) in [5.74, 6) is -0.962. The fraction of sp³-hybridized carbons (Fsp3) is 0.0435. The van der Waals surface area contributed by atoms with E-state index in [9.17, 15) is 9.59 Å². The van der Waals surface area contributed by atoms with Crippen molar-refractivity contribution in [3.63, 3.8) is 0 Å². The van der Waals surface area contributed by atoms with Crippen molar-refractivity contribution in [1.29, 1.82) is 0 Å². The van der Waals surface area contributed by atoms with Crippen LogP contribution in [-0.2, 0) is 9.53 Å². The van der Waals surface area contributed by atoms with Crippen LogP contribution in [0.2, 0.25) is 0 Å². The van der Waals surface area contributed by atoms with Gasteiger partial charge in [0.25, 0.3) is 5.91 Å². The Morgan fingerprint density at radius 3 is 2.39 bits per heavy atom. The normalized spacial score (nSPS) is 10.6. The van der Waals surface area contributed by atoms with Crippen molar-refractivity contribution in [2.75, 3.05) is 11.9 Å². The van der Waals surface area contributed by atoms with Gasteiger partial charge in [0.2, 0.25) is 0 Å². The van der Waals surface area contributed by atoms with Crippen molar-refractivity contribution < 1.29 is 14.3 Å². The van der Waals surface area contributed by atoms with E-state index < -0.39 is 11.9 Å². The van der Waals surface area contributed by atoms with Crippen molar-refractivity contribution in [1.82, 2.24) is 4.98 Å². The number of amides is 1. The Kier molecular flexibility index (Phi) is 4.89. The highest BCUT2D eigenvalue weighted by Gasteiger charge is 2.14. The number of nitrogens with one attached hydrogen (secondary N) is 2. The summed E-state index contributed by atoms with van der Waals surface area (Å²) in [7, 11) is 0. The number of aromatic nitrogens is 1. The predicted octanol–water partition coefficient (Wildman–Crippen LogP) is 4.63. The number of H-pyrrole nitrogens is 1. The maximum absolute atomic E-state index is 12.3. The largest absolute Gasteiger partial charge is 0.451 e. The lowest BCUT2D eigenvalue weighted by Gasteiger charge is -2.11. The lowest BCUT2D eigenvalue weighted by Crippen LogP contribution is -2.21. The number of fused-ring (bicyclic) bond motifs is 1. The van der Waals surface area contributed by atoms with Gasteiger partial charge in [-0.3, -0.25) is 4.79 Å². The second-order valence-electron chi connectivity index (χ2n) is 6.31. The summed E-state index contributed by atoms with van der Waals surface area (Å²) in [5.41, 5.74) is 3.72. The second-order valence-corrected chi connectivity index (χ2v) is 6.31. The van der Waals surface area contributed by atoms with Gasteiger partial charge in [0.1, 0.15) is 5.69 Å². The number of carbonyl (C=O) groups is 2. The summed E-state index contributed by atoms with van der Waals surface area (Å²) < 4.78 is 5.15. The Morgan fingerprint density at radius 2 is 1.57 bits per heavy atom. The lowest BCUT2D eigenvalue weighted by molar-refractivity contribution is -0.119. The second kappa shape index (κ2) is 7.80. The first-order chi connectivity index (χ1) is 13.7. The van der Waals surface area contributed by atoms with Crippen molar-refractivity contribution >= 4 is 28.5 Å². The molecule has 1 heterocycles. The molecule has 0 atom stereocenters. The Labute approximate surface area is 162 Å². The van der Waals surface area contributed by atoms with Gasteiger partial charge in [0.05, 0.1) is 0 Å². The molecule has 1 aromatic heterocycles. The highest BCUT2D eigenvalue weighted by atomic mass is 16.5. The molecule has 0 radical (unpaired) electrons. The number of hydrogen-bond acceptors (Lipinski definition) is 3. The molecule has 138 valence electrons. The van der Waals surface area contributed by atoms with E-state index in [4.69, 9.17) is 4.74 Å². The molecule has 0 aliphatic rings. The molecule has 0 aliphatic carbocycles. The number of hydrogen-bond donors (Lipinski definition) is 2. The molecule has 0 fully saturated rings. The average molecular weight is 370 g/mol. The molecule has 2 N–H and O–H groups in total. The van der Waals surface area contributed by atoms with Gasteiger partial charge >= 0.3 is 5.97 Å². The zero-order chi connectivity index (χ0) is 19.3. The Balaban J connectivity index is 1.42. The van der Waals surface area contributed by atoms with E-state index in [-0.39, 0.29) is 6.61 Å². The number of ether oxygens (including phenoxy) is 1. The smallest absolute Gasteiger partial charge is 0.355 e. The van der Waals surface area contributed by atoms with E-state index in [1.54, 1.807) is 6.07 Å². The van der Waals surface area contributed by atoms with Crippen molar-refractivity contribution in [2.24, 2.45) is 0 Å². The van der Waals surface area contributed by atoms with E-state index in [0.717, 1.165) is 22.0 Å². The SMILES string of the molecule is O=C(COC(=O)c1cc2ccccc2[nH]1)Nc1ccccc1-c1ccccc1. The zero-order valence-electron chi connectivity index (χ0n) is 15.0. The molecular weight excluding hydrogens is 352 g/mol. The number of aromatic amines is 1. The van der Waals surface area contributed by atoms with Crippen LogP contribution in [0, 0.1) is 0 Å². The monoisotopic (exact) mass is 370 g/mol. The number of carbonyl (C=O) groups excluding carboxylic acids is 2. The summed E-state index contributed by atoms with van der Waals surface area (Å²) in [4.78, 5) is 27.5. The van der Waals surface area contributed by atoms with E-state index in [1.807, 2.05) is 78.9 Å². The van der Waals surface area contributed by atoms with Gasteiger partial charge in [0, 0.05) is 22.2 Å². The van der Waals surface area contributed by atoms with Crippen molar-refractivity contribution in [3.8, 4) is 11.1 Å². The van der Waals surface area contributed by atoms with Crippen LogP contribution in [0.3, 0.4) is 0 Å². The average Bonchev–Trinajstić information content (AvgIpc) is 3.17. The fourth-order valence-corrected chi connectivity index (χ4v) is 3.04. The molecule has 5 heteroatoms. The van der Waals surface area contributed by atoms with Gasteiger partial charge in [-0.1, -0.05) is 66.7 Å². The van der Waals surface area contributed by atoms with Crippen molar-refractivity contribution in [3.05, 3.63) is 90.6 Å². The van der Waals surface area contributed by atoms with Gasteiger partial charge in [-0.05, 0) is 23.8 Å². The molecule has 1 amide bonds. The molecule has 0 saturated heterocycles. The van der Waals surface area contributed by atoms with Crippen LogP contribution in [-0.4, -0.2) is 23.5 Å². The lowest BCUT2D eigenvalue weighted by atomic mass is 10.0. The maximum atomic E-state index is 12.3. The summed E-state index contributed by atoms with van der Waals surface area (Å²) in [6.45, 7) is -0.364. The third-order valence-corrected chi connectivity index (χ3v) is 4.37. The van der Waals surface area contributed by atoms with Crippen molar-refractivity contribution in [2.45, 2.75) is 0 Å². The molecule has 0 unspecified atom stereocenters. The number of benzene rings is 3. The van der Waals surface area contributed by atoms with Gasteiger partial charge in [-0.15, -0.1) is 0 Å². The maximum Gasteiger partial charge on any atom is 0.355 e. The van der Waals surface area contributed by atoms with Crippen LogP contribution < -0.4 is 5.32 Å². The number of esters is 1. The Hall–Kier alpha value is -3.86. The minimum absolute atomic E-state index is 0.318. The molecule has 28 heavy (non-hydrogen) atoms. The van der Waals surface area contributed by atoms with E-state index in [2.05, 4.69) is 10.3 Å². The third-order valence-electron chi connectivity index (χ3n) is 4.37. The first kappa shape index (κ1) is 17.5. The first-order valence-electron chi connectivity index (χ1n) is 8.90. The molecule has 0 spiro atoms. The minimum Gasteiger partial charge on any atom is -0.451 e. The first-order valence-corrected chi connectivity index (χ1v) is 8.90. The van der Waals surface area contributed by atoms with Gasteiger partial charge in [-0.2, -0.15) is 0 Å². The highest BCUT2D eigenvalue weighted by Crippen LogP contribution is 2.27. The van der Waals surface area contributed by atoms with Crippen LogP contribution in [0.15, 0.2) is 84.9 Å². The van der Waals surface area contributed by atoms with Gasteiger partial charge < -0.3 is 15.0 Å². The molecule has 0 bridgehead atoms. The molecular formula is C23H18N2O3. The zero-order valence-corrected chi connectivity index (χ0v) is 15.0. The predicted molar refractivity (Wildman–Crippen MR) is 109 cm³/mol. The summed E-state index contributed by atoms with van der Waals surface area (Å²) >= 11 is 0.